The molecule has 1 aliphatic heterocycles. The first-order chi connectivity index (χ1) is 15.9. The third-order valence-electron chi connectivity index (χ3n) is 5.95. The van der Waals surface area contributed by atoms with E-state index in [2.05, 4.69) is 10.3 Å². The quantitative estimate of drug-likeness (QED) is 0.310. The summed E-state index contributed by atoms with van der Waals surface area (Å²) < 4.78 is 7.06. The van der Waals surface area contributed by atoms with E-state index in [1.54, 1.807) is 18.3 Å². The van der Waals surface area contributed by atoms with Crippen LogP contribution in [-0.2, 0) is 0 Å². The molecular formula is C23H25N5O4S. The van der Waals surface area contributed by atoms with Crippen LogP contribution in [0.1, 0.15) is 34.7 Å². The minimum Gasteiger partial charge on any atom is -0.496 e. The number of methoxy groups -OCH3 is 1. The van der Waals surface area contributed by atoms with Crippen LogP contribution < -0.4 is 10.1 Å². The molecular weight excluding hydrogens is 442 g/mol. The number of nitrogens with one attached hydrogen (secondary N) is 1. The summed E-state index contributed by atoms with van der Waals surface area (Å²) >= 11 is 5.59. The van der Waals surface area contributed by atoms with Crippen LogP contribution in [0.15, 0.2) is 48.7 Å². The second-order valence-corrected chi connectivity index (χ2v) is 8.20. The molecule has 10 heteroatoms. The molecule has 172 valence electrons. The van der Waals surface area contributed by atoms with Gasteiger partial charge in [0.1, 0.15) is 11.4 Å². The SMILES string of the molecule is COc1ccc(-n2c(C)cc([C@@H]3[C@@H](c4ccccn4)NC(=S)N3CCO)c2C)c([N+](=O)[O-])c1. The van der Waals surface area contributed by atoms with Gasteiger partial charge in [-0.1, -0.05) is 6.07 Å². The maximum absolute atomic E-state index is 11.8. The zero-order valence-electron chi connectivity index (χ0n) is 18.6. The zero-order chi connectivity index (χ0) is 23.7. The predicted octanol–water partition coefficient (Wildman–Crippen LogP) is 3.37. The van der Waals surface area contributed by atoms with E-state index in [0.29, 0.717) is 23.1 Å². The molecule has 0 unspecified atom stereocenters. The van der Waals surface area contributed by atoms with E-state index in [-0.39, 0.29) is 24.4 Å². The maximum Gasteiger partial charge on any atom is 0.296 e. The smallest absolute Gasteiger partial charge is 0.296 e. The first-order valence-electron chi connectivity index (χ1n) is 10.5. The van der Waals surface area contributed by atoms with Crippen molar-refractivity contribution in [2.45, 2.75) is 25.9 Å². The number of aromatic nitrogens is 2. The van der Waals surface area contributed by atoms with Gasteiger partial charge >= 0.3 is 0 Å². The fourth-order valence-corrected chi connectivity index (χ4v) is 4.85. The minimum absolute atomic E-state index is 0.0451. The molecule has 4 rings (SSSR count). The van der Waals surface area contributed by atoms with Gasteiger partial charge < -0.3 is 24.6 Å². The molecule has 0 spiro atoms. The topological polar surface area (TPSA) is 106 Å². The van der Waals surface area contributed by atoms with Crippen molar-refractivity contribution in [1.29, 1.82) is 0 Å². The summed E-state index contributed by atoms with van der Waals surface area (Å²) in [7, 11) is 1.48. The highest BCUT2D eigenvalue weighted by Gasteiger charge is 2.41. The van der Waals surface area contributed by atoms with Crippen LogP contribution in [0.5, 0.6) is 5.75 Å². The molecule has 0 aliphatic carbocycles. The lowest BCUT2D eigenvalue weighted by Crippen LogP contribution is -2.32. The molecule has 0 saturated carbocycles. The predicted molar refractivity (Wildman–Crippen MR) is 128 cm³/mol. The van der Waals surface area contributed by atoms with Crippen LogP contribution in [0.4, 0.5) is 5.69 Å². The van der Waals surface area contributed by atoms with E-state index in [1.807, 2.05) is 47.6 Å². The largest absolute Gasteiger partial charge is 0.496 e. The number of nitro benzene ring substituents is 1. The molecule has 0 radical (unpaired) electrons. The van der Waals surface area contributed by atoms with Crippen LogP contribution in [0.25, 0.3) is 5.69 Å². The Hall–Kier alpha value is -3.50. The number of aliphatic hydroxyl groups excluding tert-OH is 1. The van der Waals surface area contributed by atoms with E-state index in [1.165, 1.54) is 13.2 Å². The Morgan fingerprint density at radius 1 is 1.27 bits per heavy atom. The van der Waals surface area contributed by atoms with E-state index < -0.39 is 4.92 Å². The normalized spacial score (nSPS) is 17.8. The number of nitrogens with zero attached hydrogens (tertiary/aromatic N) is 4. The molecule has 2 atom stereocenters. The van der Waals surface area contributed by atoms with Gasteiger partial charge in [0.05, 0.1) is 42.5 Å². The van der Waals surface area contributed by atoms with Gasteiger partial charge in [0.2, 0.25) is 0 Å². The average Bonchev–Trinajstić information content (AvgIpc) is 3.29. The molecule has 1 fully saturated rings. The summed E-state index contributed by atoms with van der Waals surface area (Å²) in [6, 6.07) is 12.1. The highest BCUT2D eigenvalue weighted by atomic mass is 32.1. The molecule has 1 aliphatic rings. The number of hydrogen-bond donors (Lipinski definition) is 2. The molecule has 1 aromatic carbocycles. The third-order valence-corrected chi connectivity index (χ3v) is 6.30. The third kappa shape index (κ3) is 4.03. The van der Waals surface area contributed by atoms with E-state index in [9.17, 15) is 15.2 Å². The second kappa shape index (κ2) is 9.16. The summed E-state index contributed by atoms with van der Waals surface area (Å²) in [5.74, 6) is 0.419. The Bertz CT molecular complexity index is 1200. The molecule has 0 amide bonds. The number of aliphatic hydroxyl groups is 1. The molecule has 9 nitrogen and oxygen atoms in total. The number of benzene rings is 1. The molecule has 0 bridgehead atoms. The number of nitro groups is 1. The van der Waals surface area contributed by atoms with Crippen molar-refractivity contribution in [1.82, 2.24) is 19.8 Å². The highest BCUT2D eigenvalue weighted by molar-refractivity contribution is 7.80. The van der Waals surface area contributed by atoms with E-state index >= 15 is 0 Å². The molecule has 3 aromatic rings. The van der Waals surface area contributed by atoms with Crippen molar-refractivity contribution in [3.05, 3.63) is 81.4 Å². The van der Waals surface area contributed by atoms with Gasteiger partial charge in [-0.05, 0) is 62.0 Å². The molecule has 33 heavy (non-hydrogen) atoms. The maximum atomic E-state index is 11.8. The second-order valence-electron chi connectivity index (χ2n) is 7.82. The van der Waals surface area contributed by atoms with Crippen LogP contribution >= 0.6 is 12.2 Å². The Balaban J connectivity index is 1.87. The Labute approximate surface area is 196 Å². The summed E-state index contributed by atoms with van der Waals surface area (Å²) in [6.07, 6.45) is 1.73. The highest BCUT2D eigenvalue weighted by Crippen LogP contribution is 2.42. The summed E-state index contributed by atoms with van der Waals surface area (Å²) in [4.78, 5) is 17.9. The van der Waals surface area contributed by atoms with Gasteiger partial charge in [0.15, 0.2) is 5.11 Å². The lowest BCUT2D eigenvalue weighted by atomic mass is 9.97. The summed E-state index contributed by atoms with van der Waals surface area (Å²) in [6.45, 7) is 4.14. The average molecular weight is 468 g/mol. The van der Waals surface area contributed by atoms with Crippen molar-refractivity contribution in [2.24, 2.45) is 0 Å². The van der Waals surface area contributed by atoms with Crippen LogP contribution in [0.2, 0.25) is 0 Å². The number of pyridine rings is 1. The molecule has 2 N–H and O–H groups in total. The number of β-amino-alcohol motifs (C(OH)–C–C–N with tert-alkyl or cyclic N) is 1. The van der Waals surface area contributed by atoms with Crippen molar-refractivity contribution >= 4 is 23.0 Å². The molecule has 3 heterocycles. The van der Waals surface area contributed by atoms with Crippen molar-refractivity contribution in [2.75, 3.05) is 20.3 Å². The Kier molecular flexibility index (Phi) is 6.30. The number of hydrogen-bond acceptors (Lipinski definition) is 6. The van der Waals surface area contributed by atoms with Crippen LogP contribution in [0.3, 0.4) is 0 Å². The van der Waals surface area contributed by atoms with Gasteiger partial charge in [0, 0.05) is 24.1 Å². The van der Waals surface area contributed by atoms with Gasteiger partial charge in [-0.25, -0.2) is 0 Å². The monoisotopic (exact) mass is 467 g/mol. The summed E-state index contributed by atoms with van der Waals surface area (Å²) in [5, 5.41) is 25.4. The summed E-state index contributed by atoms with van der Waals surface area (Å²) in [5.41, 5.74) is 3.88. The van der Waals surface area contributed by atoms with Gasteiger partial charge in [-0.3, -0.25) is 15.1 Å². The van der Waals surface area contributed by atoms with Gasteiger partial charge in [-0.15, -0.1) is 0 Å². The van der Waals surface area contributed by atoms with Crippen LogP contribution in [-0.4, -0.2) is 49.9 Å². The fourth-order valence-electron chi connectivity index (χ4n) is 4.52. The Morgan fingerprint density at radius 3 is 2.70 bits per heavy atom. The van der Waals surface area contributed by atoms with Gasteiger partial charge in [0.25, 0.3) is 5.69 Å². The lowest BCUT2D eigenvalue weighted by molar-refractivity contribution is -0.384. The van der Waals surface area contributed by atoms with Crippen molar-refractivity contribution < 1.29 is 14.8 Å². The van der Waals surface area contributed by atoms with Crippen LogP contribution in [0, 0.1) is 24.0 Å². The van der Waals surface area contributed by atoms with Gasteiger partial charge in [-0.2, -0.15) is 0 Å². The first-order valence-corrected chi connectivity index (χ1v) is 10.9. The zero-order valence-corrected chi connectivity index (χ0v) is 19.4. The standard InChI is InChI=1S/C23H25N5O4S/c1-14-12-17(15(2)27(14)19-8-7-16(32-3)13-20(19)28(30)31)22-21(18-6-4-5-9-24-18)25-23(33)26(22)10-11-29/h4-9,12-13,21-22,29H,10-11H2,1-3H3,(H,25,33)/t21-,22-/m1/s1. The number of ether oxygens (including phenoxy) is 1. The first kappa shape index (κ1) is 22.7. The molecule has 1 saturated heterocycles. The van der Waals surface area contributed by atoms with Crippen molar-refractivity contribution in [3.63, 3.8) is 0 Å². The number of rotatable bonds is 7. The van der Waals surface area contributed by atoms with Crippen molar-refractivity contribution in [3.8, 4) is 11.4 Å². The fraction of sp³-hybridized carbons (Fsp3) is 0.304. The minimum atomic E-state index is -0.405. The molecule has 2 aromatic heterocycles. The van der Waals surface area contributed by atoms with E-state index in [0.717, 1.165) is 22.6 Å². The number of thiocarbonyl (C=S) groups is 1. The number of aryl methyl sites for hydroxylation is 1. The lowest BCUT2D eigenvalue weighted by Gasteiger charge is -2.27. The Morgan fingerprint density at radius 2 is 2.06 bits per heavy atom. The van der Waals surface area contributed by atoms with E-state index in [4.69, 9.17) is 17.0 Å².